The fraction of sp³-hybridized carbons (Fsp3) is 0.533. The predicted molar refractivity (Wildman–Crippen MR) is 79.0 cm³/mol. The maximum absolute atomic E-state index is 12.2. The second kappa shape index (κ2) is 6.22. The molecule has 2 heterocycles. The SMILES string of the molecule is NCCn1cnc(C(=O)Cc2ccn(C3CCCC3)n2)c1. The highest BCUT2D eigenvalue weighted by molar-refractivity contribution is 5.95. The molecule has 0 aliphatic heterocycles. The smallest absolute Gasteiger partial charge is 0.188 e. The molecule has 2 aromatic rings. The monoisotopic (exact) mass is 287 g/mol. The number of hydrogen-bond acceptors (Lipinski definition) is 4. The Morgan fingerprint density at radius 3 is 2.95 bits per heavy atom. The van der Waals surface area contributed by atoms with Crippen molar-refractivity contribution in [2.75, 3.05) is 6.54 Å². The molecule has 1 saturated carbocycles. The molecule has 21 heavy (non-hydrogen) atoms. The lowest BCUT2D eigenvalue weighted by molar-refractivity contribution is 0.0987. The first-order valence-corrected chi connectivity index (χ1v) is 7.55. The van der Waals surface area contributed by atoms with Gasteiger partial charge in [-0.3, -0.25) is 9.48 Å². The Morgan fingerprint density at radius 2 is 2.19 bits per heavy atom. The van der Waals surface area contributed by atoms with Gasteiger partial charge in [-0.15, -0.1) is 0 Å². The fourth-order valence-corrected chi connectivity index (χ4v) is 2.87. The molecule has 0 aromatic carbocycles. The summed E-state index contributed by atoms with van der Waals surface area (Å²) in [6.45, 7) is 1.21. The summed E-state index contributed by atoms with van der Waals surface area (Å²) in [6, 6.07) is 2.45. The molecule has 2 N–H and O–H groups in total. The predicted octanol–water partition coefficient (Wildman–Crippen LogP) is 1.58. The zero-order chi connectivity index (χ0) is 14.7. The van der Waals surface area contributed by atoms with Crippen molar-refractivity contribution >= 4 is 5.78 Å². The van der Waals surface area contributed by atoms with Gasteiger partial charge in [-0.2, -0.15) is 5.10 Å². The normalized spacial score (nSPS) is 15.7. The van der Waals surface area contributed by atoms with Crippen molar-refractivity contribution in [2.45, 2.75) is 44.7 Å². The topological polar surface area (TPSA) is 78.7 Å². The fourth-order valence-electron chi connectivity index (χ4n) is 2.87. The molecule has 0 unspecified atom stereocenters. The number of carbonyl (C=O) groups is 1. The number of aromatic nitrogens is 4. The average molecular weight is 287 g/mol. The number of nitrogens with zero attached hydrogens (tertiary/aromatic N) is 4. The molecular weight excluding hydrogens is 266 g/mol. The van der Waals surface area contributed by atoms with Crippen LogP contribution in [0.25, 0.3) is 0 Å². The maximum Gasteiger partial charge on any atom is 0.188 e. The first-order chi connectivity index (χ1) is 10.3. The van der Waals surface area contributed by atoms with Gasteiger partial charge in [0.2, 0.25) is 0 Å². The van der Waals surface area contributed by atoms with E-state index in [9.17, 15) is 4.79 Å². The van der Waals surface area contributed by atoms with E-state index in [-0.39, 0.29) is 5.78 Å². The van der Waals surface area contributed by atoms with Crippen LogP contribution in [-0.2, 0) is 13.0 Å². The van der Waals surface area contributed by atoms with E-state index in [1.807, 2.05) is 21.5 Å². The standard InChI is InChI=1S/C15H21N5O/c16-6-8-19-10-14(17-11-19)15(21)9-12-5-7-20(18-12)13-3-1-2-4-13/h5,7,10-11,13H,1-4,6,8-9,16H2. The highest BCUT2D eigenvalue weighted by Crippen LogP contribution is 2.28. The van der Waals surface area contributed by atoms with Crippen LogP contribution in [0.2, 0.25) is 0 Å². The van der Waals surface area contributed by atoms with Gasteiger partial charge in [0.15, 0.2) is 5.78 Å². The molecule has 6 nitrogen and oxygen atoms in total. The van der Waals surface area contributed by atoms with Crippen LogP contribution in [0.3, 0.4) is 0 Å². The van der Waals surface area contributed by atoms with Crippen molar-refractivity contribution < 1.29 is 4.79 Å². The molecule has 0 bridgehead atoms. The highest BCUT2D eigenvalue weighted by atomic mass is 16.1. The third kappa shape index (κ3) is 3.21. The molecular formula is C15H21N5O. The van der Waals surface area contributed by atoms with Gasteiger partial charge in [0.25, 0.3) is 0 Å². The summed E-state index contributed by atoms with van der Waals surface area (Å²) in [5, 5.41) is 4.54. The quantitative estimate of drug-likeness (QED) is 0.818. The lowest BCUT2D eigenvalue weighted by atomic mass is 10.2. The van der Waals surface area contributed by atoms with Gasteiger partial charge in [-0.25, -0.2) is 4.98 Å². The Morgan fingerprint density at radius 1 is 1.38 bits per heavy atom. The van der Waals surface area contributed by atoms with Crippen LogP contribution in [0.4, 0.5) is 0 Å². The van der Waals surface area contributed by atoms with E-state index in [0.29, 0.717) is 31.2 Å². The van der Waals surface area contributed by atoms with E-state index >= 15 is 0 Å². The Hall–Kier alpha value is -1.95. The lowest BCUT2D eigenvalue weighted by Gasteiger charge is -2.08. The molecule has 0 saturated heterocycles. The largest absolute Gasteiger partial charge is 0.335 e. The van der Waals surface area contributed by atoms with Crippen LogP contribution in [0.1, 0.15) is 47.9 Å². The number of nitrogens with two attached hydrogens (primary N) is 1. The molecule has 0 amide bonds. The van der Waals surface area contributed by atoms with Gasteiger partial charge in [0.05, 0.1) is 24.5 Å². The molecule has 0 radical (unpaired) electrons. The van der Waals surface area contributed by atoms with Crippen LogP contribution >= 0.6 is 0 Å². The van der Waals surface area contributed by atoms with Gasteiger partial charge in [-0.1, -0.05) is 12.8 Å². The van der Waals surface area contributed by atoms with Crippen LogP contribution in [0.15, 0.2) is 24.8 Å². The van der Waals surface area contributed by atoms with Crippen molar-refractivity contribution in [2.24, 2.45) is 5.73 Å². The molecule has 0 spiro atoms. The van der Waals surface area contributed by atoms with E-state index in [2.05, 4.69) is 10.1 Å². The minimum Gasteiger partial charge on any atom is -0.335 e. The number of carbonyl (C=O) groups excluding carboxylic acids is 1. The third-order valence-corrected chi connectivity index (χ3v) is 4.01. The van der Waals surface area contributed by atoms with E-state index in [1.165, 1.54) is 25.7 Å². The Bertz CT molecular complexity index is 609. The zero-order valence-electron chi connectivity index (χ0n) is 12.1. The van der Waals surface area contributed by atoms with Gasteiger partial charge in [0.1, 0.15) is 5.69 Å². The molecule has 1 aliphatic rings. The maximum atomic E-state index is 12.2. The molecule has 2 aromatic heterocycles. The molecule has 6 heteroatoms. The average Bonchev–Trinajstić information content (AvgIpc) is 3.20. The number of rotatable bonds is 6. The number of Topliss-reactive ketones (excluding diaryl/α,β-unsaturated/α-hetero) is 1. The highest BCUT2D eigenvalue weighted by Gasteiger charge is 2.18. The van der Waals surface area contributed by atoms with Gasteiger partial charge >= 0.3 is 0 Å². The third-order valence-electron chi connectivity index (χ3n) is 4.01. The van der Waals surface area contributed by atoms with E-state index in [1.54, 1.807) is 12.5 Å². The minimum atomic E-state index is 0.00226. The molecule has 3 rings (SSSR count). The summed E-state index contributed by atoms with van der Waals surface area (Å²) >= 11 is 0. The van der Waals surface area contributed by atoms with Gasteiger partial charge < -0.3 is 10.3 Å². The summed E-state index contributed by atoms with van der Waals surface area (Å²) in [5.74, 6) is 0.00226. The summed E-state index contributed by atoms with van der Waals surface area (Å²) in [4.78, 5) is 16.3. The molecule has 1 aliphatic carbocycles. The van der Waals surface area contributed by atoms with E-state index < -0.39 is 0 Å². The number of hydrogen-bond donors (Lipinski definition) is 1. The molecule has 1 fully saturated rings. The summed E-state index contributed by atoms with van der Waals surface area (Å²) in [5.41, 5.74) is 6.79. The van der Waals surface area contributed by atoms with E-state index in [0.717, 1.165) is 5.69 Å². The Balaban J connectivity index is 1.63. The zero-order valence-corrected chi connectivity index (χ0v) is 12.1. The molecule has 112 valence electrons. The summed E-state index contributed by atoms with van der Waals surface area (Å²) in [6.07, 6.45) is 10.6. The molecule has 0 atom stereocenters. The van der Waals surface area contributed by atoms with Crippen LogP contribution < -0.4 is 5.73 Å². The Labute approximate surface area is 124 Å². The van der Waals surface area contributed by atoms with Crippen molar-refractivity contribution in [1.29, 1.82) is 0 Å². The van der Waals surface area contributed by atoms with Crippen molar-refractivity contribution in [3.8, 4) is 0 Å². The van der Waals surface area contributed by atoms with Gasteiger partial charge in [-0.05, 0) is 18.9 Å². The second-order valence-corrected chi connectivity index (χ2v) is 5.61. The summed E-state index contributed by atoms with van der Waals surface area (Å²) in [7, 11) is 0. The van der Waals surface area contributed by atoms with Crippen LogP contribution in [0.5, 0.6) is 0 Å². The Kier molecular flexibility index (Phi) is 4.15. The first-order valence-electron chi connectivity index (χ1n) is 7.55. The van der Waals surface area contributed by atoms with E-state index in [4.69, 9.17) is 5.73 Å². The van der Waals surface area contributed by atoms with Gasteiger partial charge in [0, 0.05) is 25.5 Å². The lowest BCUT2D eigenvalue weighted by Crippen LogP contribution is -2.09. The first kappa shape index (κ1) is 14.0. The van der Waals surface area contributed by atoms with Crippen molar-refractivity contribution in [3.63, 3.8) is 0 Å². The summed E-state index contributed by atoms with van der Waals surface area (Å²) < 4.78 is 3.85. The minimum absolute atomic E-state index is 0.00226. The van der Waals surface area contributed by atoms with Crippen LogP contribution in [0, 0.1) is 0 Å². The second-order valence-electron chi connectivity index (χ2n) is 5.61. The number of imidazole rings is 1. The number of ketones is 1. The van der Waals surface area contributed by atoms with Crippen molar-refractivity contribution in [3.05, 3.63) is 36.2 Å². The van der Waals surface area contributed by atoms with Crippen LogP contribution in [-0.4, -0.2) is 31.7 Å². The van der Waals surface area contributed by atoms with Crippen molar-refractivity contribution in [1.82, 2.24) is 19.3 Å².